The number of ketones is 1. The van der Waals surface area contributed by atoms with Crippen LogP contribution >= 0.6 is 0 Å². The number of Topliss-reactive ketones (excluding diaryl/α,β-unsaturated/α-hetero) is 1. The molecule has 80 valence electrons. The third kappa shape index (κ3) is 2.46. The molecule has 0 radical (unpaired) electrons. The Morgan fingerprint density at radius 1 is 1.40 bits per heavy atom. The van der Waals surface area contributed by atoms with E-state index in [4.69, 9.17) is 0 Å². The van der Waals surface area contributed by atoms with Crippen molar-refractivity contribution in [3.63, 3.8) is 0 Å². The van der Waals surface area contributed by atoms with Crippen LogP contribution < -0.4 is 0 Å². The number of alkyl halides is 3. The summed E-state index contributed by atoms with van der Waals surface area (Å²) < 4.78 is 37.0. The number of carbonyl (C=O) groups is 1. The first-order valence-corrected chi connectivity index (χ1v) is 4.21. The van der Waals surface area contributed by atoms with Crippen LogP contribution in [0.5, 0.6) is 0 Å². The molecule has 1 aromatic rings. The second kappa shape index (κ2) is 3.88. The maximum atomic E-state index is 12.3. The molecule has 15 heavy (non-hydrogen) atoms. The summed E-state index contributed by atoms with van der Waals surface area (Å²) in [5.74, 6) is -0.279. The van der Waals surface area contributed by atoms with Gasteiger partial charge in [0.05, 0.1) is 5.56 Å². The Morgan fingerprint density at radius 3 is 2.40 bits per heavy atom. The lowest BCUT2D eigenvalue weighted by molar-refractivity contribution is -0.137. The number of benzene rings is 1. The molecule has 1 aromatic carbocycles. The third-order valence-corrected chi connectivity index (χ3v) is 1.98. The molecular weight excluding hydrogens is 205 g/mol. The predicted molar refractivity (Wildman–Crippen MR) is 51.5 cm³/mol. The summed E-state index contributed by atoms with van der Waals surface area (Å²) in [6.07, 6.45) is -3.15. The predicted octanol–water partition coefficient (Wildman–Crippen LogP) is 3.55. The highest BCUT2D eigenvalue weighted by atomic mass is 19.4. The van der Waals surface area contributed by atoms with E-state index in [0.29, 0.717) is 0 Å². The Morgan fingerprint density at radius 2 is 2.00 bits per heavy atom. The van der Waals surface area contributed by atoms with Gasteiger partial charge >= 0.3 is 6.18 Å². The van der Waals surface area contributed by atoms with Gasteiger partial charge in [0.2, 0.25) is 0 Å². The fraction of sp³-hybridized carbons (Fsp3) is 0.182. The molecule has 0 saturated carbocycles. The van der Waals surface area contributed by atoms with Gasteiger partial charge in [-0.25, -0.2) is 0 Å². The first kappa shape index (κ1) is 11.5. The molecule has 0 aliphatic heterocycles. The van der Waals surface area contributed by atoms with Crippen molar-refractivity contribution in [2.75, 3.05) is 0 Å². The molecule has 0 N–H and O–H groups in total. The summed E-state index contributed by atoms with van der Waals surface area (Å²) in [5.41, 5.74) is -0.322. The van der Waals surface area contributed by atoms with Gasteiger partial charge in [-0.2, -0.15) is 13.2 Å². The summed E-state index contributed by atoms with van der Waals surface area (Å²) in [6, 6.07) is 2.98. The Labute approximate surface area is 85.2 Å². The summed E-state index contributed by atoms with van der Waals surface area (Å²) in [7, 11) is 0. The highest BCUT2D eigenvalue weighted by molar-refractivity contribution is 5.97. The molecule has 0 heterocycles. The van der Waals surface area contributed by atoms with Crippen LogP contribution in [-0.2, 0) is 6.18 Å². The van der Waals surface area contributed by atoms with Crippen molar-refractivity contribution in [2.24, 2.45) is 0 Å². The molecule has 0 aromatic heterocycles. The highest BCUT2D eigenvalue weighted by Crippen LogP contribution is 2.30. The zero-order chi connectivity index (χ0) is 11.6. The molecule has 0 amide bonds. The Kier molecular flexibility index (Phi) is 2.98. The van der Waals surface area contributed by atoms with Crippen LogP contribution in [0.3, 0.4) is 0 Å². The molecule has 0 spiro atoms. The molecule has 0 bridgehead atoms. The fourth-order valence-corrected chi connectivity index (χ4v) is 1.23. The minimum Gasteiger partial charge on any atom is -0.294 e. The lowest BCUT2D eigenvalue weighted by Gasteiger charge is -2.09. The number of halogens is 3. The van der Waals surface area contributed by atoms with E-state index in [-0.39, 0.29) is 16.9 Å². The normalized spacial score (nSPS) is 11.2. The van der Waals surface area contributed by atoms with Crippen LogP contribution in [-0.4, -0.2) is 5.78 Å². The van der Waals surface area contributed by atoms with Gasteiger partial charge in [-0.15, -0.1) is 0 Å². The third-order valence-electron chi connectivity index (χ3n) is 1.98. The molecule has 1 nitrogen and oxygen atoms in total. The summed E-state index contributed by atoms with van der Waals surface area (Å²) in [5, 5.41) is 0. The van der Waals surface area contributed by atoms with E-state index in [1.165, 1.54) is 19.1 Å². The van der Waals surface area contributed by atoms with Crippen molar-refractivity contribution in [3.8, 4) is 0 Å². The first-order chi connectivity index (χ1) is 6.86. The molecule has 0 aliphatic carbocycles. The minimum absolute atomic E-state index is 0.206. The lowest BCUT2D eigenvalue weighted by Crippen LogP contribution is -2.07. The lowest BCUT2D eigenvalue weighted by atomic mass is 10.0. The van der Waals surface area contributed by atoms with Gasteiger partial charge < -0.3 is 0 Å². The van der Waals surface area contributed by atoms with Crippen LogP contribution in [0.15, 0.2) is 24.8 Å². The van der Waals surface area contributed by atoms with Crippen LogP contribution in [0.4, 0.5) is 13.2 Å². The number of rotatable bonds is 2. The van der Waals surface area contributed by atoms with E-state index in [1.54, 1.807) is 0 Å². The largest absolute Gasteiger partial charge is 0.416 e. The van der Waals surface area contributed by atoms with Crippen LogP contribution in [0.25, 0.3) is 6.08 Å². The summed E-state index contributed by atoms with van der Waals surface area (Å²) in [6.45, 7) is 4.68. The minimum atomic E-state index is -4.40. The van der Waals surface area contributed by atoms with Gasteiger partial charge in [0.15, 0.2) is 5.78 Å². The van der Waals surface area contributed by atoms with Crippen LogP contribution in [0.2, 0.25) is 0 Å². The molecule has 4 heteroatoms. The Bertz CT molecular complexity index is 405. The average Bonchev–Trinajstić information content (AvgIpc) is 2.15. The SMILES string of the molecule is C=Cc1cc(C(F)(F)F)ccc1C(C)=O. The summed E-state index contributed by atoms with van der Waals surface area (Å²) >= 11 is 0. The molecular formula is C11H9F3O. The summed E-state index contributed by atoms with van der Waals surface area (Å²) in [4.78, 5) is 11.1. The molecule has 1 rings (SSSR count). The Balaban J connectivity index is 3.31. The van der Waals surface area contributed by atoms with Gasteiger partial charge in [0, 0.05) is 5.56 Å². The molecule has 0 fully saturated rings. The molecule has 0 aliphatic rings. The Hall–Kier alpha value is -1.58. The van der Waals surface area contributed by atoms with E-state index in [2.05, 4.69) is 6.58 Å². The molecule has 0 saturated heterocycles. The van der Waals surface area contributed by atoms with Crippen molar-refractivity contribution in [3.05, 3.63) is 41.5 Å². The fourth-order valence-electron chi connectivity index (χ4n) is 1.23. The zero-order valence-corrected chi connectivity index (χ0v) is 8.06. The maximum absolute atomic E-state index is 12.3. The smallest absolute Gasteiger partial charge is 0.294 e. The van der Waals surface area contributed by atoms with E-state index in [0.717, 1.165) is 12.1 Å². The van der Waals surface area contributed by atoms with Gasteiger partial charge in [0.25, 0.3) is 0 Å². The van der Waals surface area contributed by atoms with Crippen molar-refractivity contribution < 1.29 is 18.0 Å². The quantitative estimate of drug-likeness (QED) is 0.688. The first-order valence-electron chi connectivity index (χ1n) is 4.21. The standard InChI is InChI=1S/C11H9F3O/c1-3-8-6-9(11(12,13)14)4-5-10(8)7(2)15/h3-6H,1H2,2H3. The molecule has 0 unspecified atom stereocenters. The van der Waals surface area contributed by atoms with E-state index in [9.17, 15) is 18.0 Å². The second-order valence-corrected chi connectivity index (χ2v) is 3.06. The van der Waals surface area contributed by atoms with Crippen molar-refractivity contribution in [2.45, 2.75) is 13.1 Å². The topological polar surface area (TPSA) is 17.1 Å². The van der Waals surface area contributed by atoms with Crippen molar-refractivity contribution in [1.29, 1.82) is 0 Å². The number of carbonyl (C=O) groups excluding carboxylic acids is 1. The van der Waals surface area contributed by atoms with Crippen molar-refractivity contribution >= 4 is 11.9 Å². The van der Waals surface area contributed by atoms with E-state index < -0.39 is 11.7 Å². The van der Waals surface area contributed by atoms with Gasteiger partial charge in [0.1, 0.15) is 0 Å². The van der Waals surface area contributed by atoms with Gasteiger partial charge in [-0.05, 0) is 24.6 Å². The maximum Gasteiger partial charge on any atom is 0.416 e. The zero-order valence-electron chi connectivity index (χ0n) is 8.06. The van der Waals surface area contributed by atoms with Gasteiger partial charge in [-0.3, -0.25) is 4.79 Å². The van der Waals surface area contributed by atoms with Gasteiger partial charge in [-0.1, -0.05) is 18.7 Å². The molecule has 0 atom stereocenters. The van der Waals surface area contributed by atoms with E-state index in [1.807, 2.05) is 0 Å². The number of hydrogen-bond acceptors (Lipinski definition) is 1. The van der Waals surface area contributed by atoms with Crippen LogP contribution in [0.1, 0.15) is 28.4 Å². The van der Waals surface area contributed by atoms with E-state index >= 15 is 0 Å². The average molecular weight is 214 g/mol. The second-order valence-electron chi connectivity index (χ2n) is 3.06. The number of hydrogen-bond donors (Lipinski definition) is 0. The highest BCUT2D eigenvalue weighted by Gasteiger charge is 2.30. The van der Waals surface area contributed by atoms with Crippen LogP contribution in [0, 0.1) is 0 Å². The van der Waals surface area contributed by atoms with Crippen molar-refractivity contribution in [1.82, 2.24) is 0 Å². The monoisotopic (exact) mass is 214 g/mol.